The Hall–Kier alpha value is -4.25. The van der Waals surface area contributed by atoms with Crippen LogP contribution in [0.1, 0.15) is 26.4 Å². The highest BCUT2D eigenvalue weighted by Crippen LogP contribution is 2.35. The van der Waals surface area contributed by atoms with Crippen LogP contribution >= 0.6 is 0 Å². The monoisotopic (exact) mass is 391 g/mol. The van der Waals surface area contributed by atoms with Crippen LogP contribution in [0.3, 0.4) is 0 Å². The highest BCUT2D eigenvalue weighted by molar-refractivity contribution is 6.00. The van der Waals surface area contributed by atoms with E-state index < -0.39 is 11.9 Å². The number of esters is 1. The number of aromatic nitrogens is 1. The average molecular weight is 391 g/mol. The number of carboxylic acid groups (broad SMARTS) is 1. The van der Waals surface area contributed by atoms with Crippen LogP contribution in [0.25, 0.3) is 16.8 Å². The van der Waals surface area contributed by atoms with Gasteiger partial charge in [-0.15, -0.1) is 0 Å². The van der Waals surface area contributed by atoms with E-state index in [1.165, 1.54) is 31.0 Å². The van der Waals surface area contributed by atoms with Crippen LogP contribution in [0.5, 0.6) is 5.75 Å². The van der Waals surface area contributed by atoms with Crippen molar-refractivity contribution in [2.45, 2.75) is 0 Å². The maximum atomic E-state index is 12.3. The predicted molar refractivity (Wildman–Crippen MR) is 105 cm³/mol. The first-order chi connectivity index (χ1) is 13.9. The van der Waals surface area contributed by atoms with Crippen molar-refractivity contribution in [2.24, 2.45) is 0 Å². The molecule has 146 valence electrons. The number of aromatic carboxylic acids is 1. The quantitative estimate of drug-likeness (QED) is 0.640. The second-order valence-corrected chi connectivity index (χ2v) is 6.01. The molecule has 0 fully saturated rings. The van der Waals surface area contributed by atoms with Crippen molar-refractivity contribution in [1.82, 2.24) is 4.57 Å². The molecule has 0 aliphatic rings. The number of nitriles is 1. The lowest BCUT2D eigenvalue weighted by Crippen LogP contribution is -2.13. The Balaban J connectivity index is 2.37. The van der Waals surface area contributed by atoms with E-state index in [0.29, 0.717) is 22.6 Å². The summed E-state index contributed by atoms with van der Waals surface area (Å²) in [7, 11) is 2.73. The first kappa shape index (κ1) is 19.5. The fraction of sp³-hybridized carbons (Fsp3) is 0.0952. The zero-order chi connectivity index (χ0) is 21.1. The molecule has 1 aromatic heterocycles. The third kappa shape index (κ3) is 3.37. The van der Waals surface area contributed by atoms with Crippen LogP contribution in [-0.2, 0) is 4.74 Å². The van der Waals surface area contributed by atoms with Crippen LogP contribution in [0, 0.1) is 11.3 Å². The summed E-state index contributed by atoms with van der Waals surface area (Å²) in [6, 6.07) is 13.4. The fourth-order valence-electron chi connectivity index (χ4n) is 3.08. The van der Waals surface area contributed by atoms with Gasteiger partial charge in [0, 0.05) is 11.8 Å². The molecule has 2 aromatic carbocycles. The molecule has 0 unspecified atom stereocenters. The van der Waals surface area contributed by atoms with Crippen molar-refractivity contribution in [1.29, 1.82) is 5.26 Å². The van der Waals surface area contributed by atoms with E-state index in [1.807, 2.05) is 6.07 Å². The molecule has 0 spiro atoms. The molecule has 0 saturated carbocycles. The van der Waals surface area contributed by atoms with Crippen molar-refractivity contribution in [3.8, 4) is 28.6 Å². The standard InChI is InChI=1S/C21H17N3O5/c1-28-14-8-6-12(7-9-14)17-15(20(25)26)4-3-5-16(17)24-11-13(10-22)18(23)19(24)21(27)29-2/h3-9,11H,23H2,1-2H3,(H,25,26). The van der Waals surface area contributed by atoms with Crippen LogP contribution in [0.4, 0.5) is 5.69 Å². The van der Waals surface area contributed by atoms with Crippen molar-refractivity contribution < 1.29 is 24.2 Å². The molecule has 0 atom stereocenters. The van der Waals surface area contributed by atoms with Gasteiger partial charge < -0.3 is 24.9 Å². The number of carboxylic acids is 1. The molecule has 0 bridgehead atoms. The normalized spacial score (nSPS) is 10.2. The molecule has 29 heavy (non-hydrogen) atoms. The number of benzene rings is 2. The largest absolute Gasteiger partial charge is 0.497 e. The number of hydrogen-bond acceptors (Lipinski definition) is 6. The maximum absolute atomic E-state index is 12.3. The third-order valence-corrected chi connectivity index (χ3v) is 4.45. The molecule has 3 aromatic rings. The number of carbonyl (C=O) groups excluding carboxylic acids is 1. The van der Waals surface area contributed by atoms with E-state index in [2.05, 4.69) is 0 Å². The average Bonchev–Trinajstić information content (AvgIpc) is 3.08. The highest BCUT2D eigenvalue weighted by Gasteiger charge is 2.25. The summed E-state index contributed by atoms with van der Waals surface area (Å²) in [5.74, 6) is -1.28. The summed E-state index contributed by atoms with van der Waals surface area (Å²) in [6.45, 7) is 0. The van der Waals surface area contributed by atoms with Gasteiger partial charge in [-0.1, -0.05) is 18.2 Å². The van der Waals surface area contributed by atoms with Crippen LogP contribution in [-0.4, -0.2) is 35.8 Å². The fourth-order valence-corrected chi connectivity index (χ4v) is 3.08. The molecule has 3 rings (SSSR count). The number of anilines is 1. The molecule has 0 aliphatic heterocycles. The van der Waals surface area contributed by atoms with Crippen molar-refractivity contribution in [3.05, 3.63) is 65.5 Å². The van der Waals surface area contributed by atoms with E-state index in [4.69, 9.17) is 15.2 Å². The van der Waals surface area contributed by atoms with E-state index in [-0.39, 0.29) is 22.5 Å². The van der Waals surface area contributed by atoms with Gasteiger partial charge in [0.1, 0.15) is 11.8 Å². The van der Waals surface area contributed by atoms with Gasteiger partial charge in [-0.3, -0.25) is 0 Å². The van der Waals surface area contributed by atoms with E-state index >= 15 is 0 Å². The highest BCUT2D eigenvalue weighted by atomic mass is 16.5. The summed E-state index contributed by atoms with van der Waals surface area (Å²) in [5.41, 5.74) is 7.28. The molecule has 8 nitrogen and oxygen atoms in total. The van der Waals surface area contributed by atoms with Crippen molar-refractivity contribution in [2.75, 3.05) is 20.0 Å². The Morgan fingerprint density at radius 3 is 2.38 bits per heavy atom. The lowest BCUT2D eigenvalue weighted by atomic mass is 9.97. The first-order valence-corrected chi connectivity index (χ1v) is 8.43. The number of hydrogen-bond donors (Lipinski definition) is 2. The van der Waals surface area contributed by atoms with E-state index in [0.717, 1.165) is 0 Å². The SMILES string of the molecule is COC(=O)c1c(N)c(C#N)cn1-c1cccc(C(=O)O)c1-c1ccc(OC)cc1. The lowest BCUT2D eigenvalue weighted by molar-refractivity contribution is 0.0592. The molecule has 0 aliphatic carbocycles. The number of nitrogens with two attached hydrogens (primary N) is 1. The van der Waals surface area contributed by atoms with Gasteiger partial charge >= 0.3 is 11.9 Å². The minimum atomic E-state index is -1.14. The number of carbonyl (C=O) groups is 2. The Labute approximate surface area is 166 Å². The molecular weight excluding hydrogens is 374 g/mol. The zero-order valence-electron chi connectivity index (χ0n) is 15.7. The second-order valence-electron chi connectivity index (χ2n) is 6.01. The summed E-state index contributed by atoms with van der Waals surface area (Å²) < 4.78 is 11.4. The minimum absolute atomic E-state index is 0.0225. The van der Waals surface area contributed by atoms with Gasteiger partial charge in [-0.2, -0.15) is 5.26 Å². The molecule has 0 saturated heterocycles. The maximum Gasteiger partial charge on any atom is 0.357 e. The van der Waals surface area contributed by atoms with Crippen LogP contribution < -0.4 is 10.5 Å². The van der Waals surface area contributed by atoms with Crippen molar-refractivity contribution in [3.63, 3.8) is 0 Å². The Kier molecular flexibility index (Phi) is 5.23. The smallest absolute Gasteiger partial charge is 0.357 e. The predicted octanol–water partition coefficient (Wildman–Crippen LogP) is 3.09. The van der Waals surface area contributed by atoms with Crippen LogP contribution in [0.2, 0.25) is 0 Å². The number of ether oxygens (including phenoxy) is 2. The lowest BCUT2D eigenvalue weighted by Gasteiger charge is -2.16. The topological polar surface area (TPSA) is 128 Å². The zero-order valence-corrected chi connectivity index (χ0v) is 15.7. The summed E-state index contributed by atoms with van der Waals surface area (Å²) in [6.07, 6.45) is 1.38. The van der Waals surface area contributed by atoms with Gasteiger partial charge in [-0.05, 0) is 29.8 Å². The summed E-state index contributed by atoms with van der Waals surface area (Å²) in [4.78, 5) is 24.2. The van der Waals surface area contributed by atoms with Gasteiger partial charge in [0.2, 0.25) is 0 Å². The number of methoxy groups -OCH3 is 2. The van der Waals surface area contributed by atoms with Crippen molar-refractivity contribution >= 4 is 17.6 Å². The molecular formula is C21H17N3O5. The Morgan fingerprint density at radius 2 is 1.83 bits per heavy atom. The van der Waals surface area contributed by atoms with E-state index in [9.17, 15) is 20.0 Å². The van der Waals surface area contributed by atoms with E-state index in [1.54, 1.807) is 36.4 Å². The van der Waals surface area contributed by atoms with Gasteiger partial charge in [0.05, 0.1) is 36.7 Å². The third-order valence-electron chi connectivity index (χ3n) is 4.45. The molecule has 1 heterocycles. The molecule has 0 amide bonds. The Morgan fingerprint density at radius 1 is 1.14 bits per heavy atom. The van der Waals surface area contributed by atoms with Gasteiger partial charge in [0.25, 0.3) is 0 Å². The van der Waals surface area contributed by atoms with Gasteiger partial charge in [-0.25, -0.2) is 9.59 Å². The molecule has 8 heteroatoms. The first-order valence-electron chi connectivity index (χ1n) is 8.43. The number of nitrogen functional groups attached to an aromatic ring is 1. The number of nitrogens with zero attached hydrogens (tertiary/aromatic N) is 2. The summed E-state index contributed by atoms with van der Waals surface area (Å²) >= 11 is 0. The molecule has 3 N–H and O–H groups in total. The number of rotatable bonds is 5. The van der Waals surface area contributed by atoms with Gasteiger partial charge in [0.15, 0.2) is 5.69 Å². The second kappa shape index (κ2) is 7.78. The Bertz CT molecular complexity index is 1140. The molecule has 0 radical (unpaired) electrons. The summed E-state index contributed by atoms with van der Waals surface area (Å²) in [5, 5.41) is 19.1. The minimum Gasteiger partial charge on any atom is -0.497 e. The van der Waals surface area contributed by atoms with Crippen LogP contribution in [0.15, 0.2) is 48.7 Å².